The van der Waals surface area contributed by atoms with Gasteiger partial charge in [0.1, 0.15) is 0 Å². The van der Waals surface area contributed by atoms with Crippen LogP contribution in [-0.2, 0) is 0 Å². The molecule has 0 spiro atoms. The van der Waals surface area contributed by atoms with Crippen molar-refractivity contribution in [1.82, 2.24) is 9.88 Å². The van der Waals surface area contributed by atoms with Gasteiger partial charge in [0.15, 0.2) is 0 Å². The number of halogens is 1. The minimum Gasteiger partial charge on any atom is -0.334 e. The maximum Gasteiger partial charge on any atom is 0.255 e. The summed E-state index contributed by atoms with van der Waals surface area (Å²) in [5.74, 6) is -0.0288. The normalized spacial score (nSPS) is 18.8. The SMILES string of the molecule is Cc1cc(=O)[nH]cc1C(=O)N1CCCCC1CN.Cl. The van der Waals surface area contributed by atoms with Crippen molar-refractivity contribution in [3.05, 3.63) is 33.7 Å². The van der Waals surface area contributed by atoms with Gasteiger partial charge in [-0.3, -0.25) is 9.59 Å². The first-order valence-electron chi connectivity index (χ1n) is 6.34. The topological polar surface area (TPSA) is 79.2 Å². The van der Waals surface area contributed by atoms with Gasteiger partial charge in [-0.05, 0) is 31.7 Å². The molecule has 0 radical (unpaired) electrons. The van der Waals surface area contributed by atoms with Crippen molar-refractivity contribution in [1.29, 1.82) is 0 Å². The number of carbonyl (C=O) groups is 1. The van der Waals surface area contributed by atoms with Crippen LogP contribution in [0.3, 0.4) is 0 Å². The number of nitrogens with zero attached hydrogens (tertiary/aromatic N) is 1. The van der Waals surface area contributed by atoms with E-state index in [9.17, 15) is 9.59 Å². The van der Waals surface area contributed by atoms with Gasteiger partial charge in [0.05, 0.1) is 5.56 Å². The second-order valence-electron chi connectivity index (χ2n) is 4.78. The van der Waals surface area contributed by atoms with E-state index in [-0.39, 0.29) is 29.9 Å². The van der Waals surface area contributed by atoms with E-state index in [1.807, 2.05) is 4.90 Å². The number of nitrogens with two attached hydrogens (primary N) is 1. The monoisotopic (exact) mass is 285 g/mol. The Hall–Kier alpha value is -1.33. The minimum absolute atomic E-state index is 0. The van der Waals surface area contributed by atoms with E-state index in [4.69, 9.17) is 5.73 Å². The fraction of sp³-hybridized carbons (Fsp3) is 0.538. The number of aryl methyl sites for hydroxylation is 1. The third-order valence-electron chi connectivity index (χ3n) is 3.52. The lowest BCUT2D eigenvalue weighted by Crippen LogP contribution is -2.47. The third kappa shape index (κ3) is 3.36. The highest BCUT2D eigenvalue weighted by Crippen LogP contribution is 2.19. The number of pyridine rings is 1. The van der Waals surface area contributed by atoms with Crippen molar-refractivity contribution >= 4 is 18.3 Å². The summed E-state index contributed by atoms with van der Waals surface area (Å²) >= 11 is 0. The maximum atomic E-state index is 12.4. The minimum atomic E-state index is -0.182. The molecule has 2 rings (SSSR count). The molecule has 2 heterocycles. The molecule has 1 fully saturated rings. The van der Waals surface area contributed by atoms with Crippen LogP contribution in [0.1, 0.15) is 35.2 Å². The molecule has 1 amide bonds. The van der Waals surface area contributed by atoms with Crippen molar-refractivity contribution in [3.63, 3.8) is 0 Å². The van der Waals surface area contributed by atoms with Crippen molar-refractivity contribution in [2.24, 2.45) is 5.73 Å². The molecule has 6 heteroatoms. The van der Waals surface area contributed by atoms with Crippen LogP contribution in [0.15, 0.2) is 17.1 Å². The van der Waals surface area contributed by atoms with Crippen molar-refractivity contribution in [2.75, 3.05) is 13.1 Å². The standard InChI is InChI=1S/C13H19N3O2.ClH/c1-9-6-12(17)15-8-11(9)13(18)16-5-3-2-4-10(16)7-14;/h6,8,10H,2-5,7,14H2,1H3,(H,15,17);1H. The van der Waals surface area contributed by atoms with Crippen LogP contribution in [0.5, 0.6) is 0 Å². The number of hydrogen-bond donors (Lipinski definition) is 2. The number of aromatic amines is 1. The van der Waals surface area contributed by atoms with Gasteiger partial charge in [-0.15, -0.1) is 12.4 Å². The van der Waals surface area contributed by atoms with Crippen LogP contribution in [0, 0.1) is 6.92 Å². The molecule has 1 unspecified atom stereocenters. The van der Waals surface area contributed by atoms with Gasteiger partial charge in [-0.2, -0.15) is 0 Å². The summed E-state index contributed by atoms with van der Waals surface area (Å²) in [7, 11) is 0. The molecule has 19 heavy (non-hydrogen) atoms. The van der Waals surface area contributed by atoms with E-state index in [2.05, 4.69) is 4.98 Å². The first-order chi connectivity index (χ1) is 8.63. The van der Waals surface area contributed by atoms with Gasteiger partial charge in [-0.1, -0.05) is 0 Å². The Bertz CT molecular complexity index is 501. The number of nitrogens with one attached hydrogen (secondary N) is 1. The van der Waals surface area contributed by atoms with Crippen molar-refractivity contribution < 1.29 is 4.79 Å². The second-order valence-corrected chi connectivity index (χ2v) is 4.78. The highest BCUT2D eigenvalue weighted by atomic mass is 35.5. The molecular formula is C13H20ClN3O2. The molecule has 1 atom stereocenters. The van der Waals surface area contributed by atoms with Crippen molar-refractivity contribution in [3.8, 4) is 0 Å². The van der Waals surface area contributed by atoms with Gasteiger partial charge in [0.2, 0.25) is 5.56 Å². The number of rotatable bonds is 2. The Kier molecular flexibility index (Phi) is 5.57. The molecule has 0 aromatic carbocycles. The van der Waals surface area contributed by atoms with Gasteiger partial charge in [-0.25, -0.2) is 0 Å². The molecule has 1 aliphatic rings. The Morgan fingerprint density at radius 1 is 1.53 bits per heavy atom. The predicted molar refractivity (Wildman–Crippen MR) is 76.8 cm³/mol. The summed E-state index contributed by atoms with van der Waals surface area (Å²) in [6.07, 6.45) is 4.60. The quantitative estimate of drug-likeness (QED) is 0.853. The lowest BCUT2D eigenvalue weighted by molar-refractivity contribution is 0.0622. The number of carbonyl (C=O) groups excluding carboxylic acids is 1. The number of piperidine rings is 1. The van der Waals surface area contributed by atoms with Crippen LogP contribution in [0.4, 0.5) is 0 Å². The van der Waals surface area contributed by atoms with Crippen LogP contribution < -0.4 is 11.3 Å². The molecule has 1 aromatic rings. The second kappa shape index (κ2) is 6.73. The van der Waals surface area contributed by atoms with Gasteiger partial charge in [0, 0.05) is 31.4 Å². The van der Waals surface area contributed by atoms with Gasteiger partial charge < -0.3 is 15.6 Å². The third-order valence-corrected chi connectivity index (χ3v) is 3.52. The fourth-order valence-electron chi connectivity index (χ4n) is 2.47. The van der Waals surface area contributed by atoms with Crippen LogP contribution in [-0.4, -0.2) is 34.9 Å². The van der Waals surface area contributed by atoms with E-state index >= 15 is 0 Å². The number of H-pyrrole nitrogens is 1. The zero-order valence-corrected chi connectivity index (χ0v) is 11.8. The van der Waals surface area contributed by atoms with E-state index in [1.165, 1.54) is 12.3 Å². The smallest absolute Gasteiger partial charge is 0.255 e. The molecule has 0 aliphatic carbocycles. The summed E-state index contributed by atoms with van der Waals surface area (Å²) in [5.41, 5.74) is 6.82. The summed E-state index contributed by atoms with van der Waals surface area (Å²) in [6, 6.07) is 1.58. The molecule has 1 aromatic heterocycles. The van der Waals surface area contributed by atoms with E-state index in [0.29, 0.717) is 17.7 Å². The number of aromatic nitrogens is 1. The number of amides is 1. The lowest BCUT2D eigenvalue weighted by Gasteiger charge is -2.35. The largest absolute Gasteiger partial charge is 0.334 e. The Balaban J connectivity index is 0.00000180. The van der Waals surface area contributed by atoms with Crippen LogP contribution in [0.2, 0.25) is 0 Å². The highest BCUT2D eigenvalue weighted by Gasteiger charge is 2.27. The average Bonchev–Trinajstić information content (AvgIpc) is 2.38. The zero-order valence-electron chi connectivity index (χ0n) is 11.0. The average molecular weight is 286 g/mol. The fourth-order valence-corrected chi connectivity index (χ4v) is 2.47. The zero-order chi connectivity index (χ0) is 13.1. The highest BCUT2D eigenvalue weighted by molar-refractivity contribution is 5.95. The molecule has 5 nitrogen and oxygen atoms in total. The van der Waals surface area contributed by atoms with E-state index < -0.39 is 0 Å². The Morgan fingerprint density at radius 2 is 2.26 bits per heavy atom. The molecule has 106 valence electrons. The number of likely N-dealkylation sites (tertiary alicyclic amines) is 1. The summed E-state index contributed by atoms with van der Waals surface area (Å²) in [5, 5.41) is 0. The summed E-state index contributed by atoms with van der Waals surface area (Å²) in [6.45, 7) is 3.03. The molecule has 3 N–H and O–H groups in total. The van der Waals surface area contributed by atoms with Crippen LogP contribution in [0.25, 0.3) is 0 Å². The van der Waals surface area contributed by atoms with Crippen LogP contribution >= 0.6 is 12.4 Å². The molecule has 0 bridgehead atoms. The van der Waals surface area contributed by atoms with E-state index in [0.717, 1.165) is 25.8 Å². The number of hydrogen-bond acceptors (Lipinski definition) is 3. The molecule has 1 aliphatic heterocycles. The first kappa shape index (κ1) is 15.7. The molecular weight excluding hydrogens is 266 g/mol. The summed E-state index contributed by atoms with van der Waals surface area (Å²) in [4.78, 5) is 28.0. The molecule has 0 saturated carbocycles. The van der Waals surface area contributed by atoms with Gasteiger partial charge >= 0.3 is 0 Å². The molecule has 1 saturated heterocycles. The maximum absolute atomic E-state index is 12.4. The predicted octanol–water partition coefficient (Wildman–Crippen LogP) is 1.06. The van der Waals surface area contributed by atoms with E-state index in [1.54, 1.807) is 6.92 Å². The summed E-state index contributed by atoms with van der Waals surface area (Å²) < 4.78 is 0. The lowest BCUT2D eigenvalue weighted by atomic mass is 10.0. The Morgan fingerprint density at radius 3 is 2.89 bits per heavy atom. The van der Waals surface area contributed by atoms with Gasteiger partial charge in [0.25, 0.3) is 5.91 Å². The Labute approximate surface area is 118 Å². The first-order valence-corrected chi connectivity index (χ1v) is 6.34. The van der Waals surface area contributed by atoms with Crippen molar-refractivity contribution in [2.45, 2.75) is 32.2 Å².